The van der Waals surface area contributed by atoms with Crippen molar-refractivity contribution < 1.29 is 33.8 Å². The van der Waals surface area contributed by atoms with Crippen LogP contribution in [0.2, 0.25) is 0 Å². The van der Waals surface area contributed by atoms with Crippen molar-refractivity contribution in [3.63, 3.8) is 0 Å². The summed E-state index contributed by atoms with van der Waals surface area (Å²) >= 11 is 1.29. The van der Waals surface area contributed by atoms with Crippen LogP contribution in [0.4, 0.5) is 0 Å². The molecule has 2 aliphatic rings. The Morgan fingerprint density at radius 1 is 1.26 bits per heavy atom. The van der Waals surface area contributed by atoms with Crippen LogP contribution in [0.3, 0.4) is 0 Å². The Labute approximate surface area is 206 Å². The summed E-state index contributed by atoms with van der Waals surface area (Å²) in [6, 6.07) is -0.400. The molecule has 4 rings (SSSR count). The summed E-state index contributed by atoms with van der Waals surface area (Å²) < 4.78 is 12.0. The number of β-lactam (4-membered cyclic amide) rings is 1. The number of imidazole rings is 1. The van der Waals surface area contributed by atoms with Gasteiger partial charge in [-0.1, -0.05) is 26.7 Å². The largest absolute Gasteiger partial charge is 0.428 e. The molecule has 2 aromatic heterocycles. The van der Waals surface area contributed by atoms with E-state index in [1.807, 2.05) is 13.8 Å². The molecule has 0 aliphatic carbocycles. The molecule has 188 valence electrons. The van der Waals surface area contributed by atoms with Crippen LogP contribution in [0.1, 0.15) is 68.7 Å². The molecule has 35 heavy (non-hydrogen) atoms. The fraction of sp³-hybridized carbons (Fsp3) is 0.542. The topological polar surface area (TPSA) is 128 Å². The summed E-state index contributed by atoms with van der Waals surface area (Å²) in [5.41, 5.74) is 0.995. The molecule has 4 atom stereocenters. The number of hydrogen-bond acceptors (Lipinski definition) is 9. The van der Waals surface area contributed by atoms with Crippen LogP contribution in [0, 0.1) is 11.8 Å². The van der Waals surface area contributed by atoms with Gasteiger partial charge in [-0.25, -0.2) is 9.78 Å². The number of aliphatic hydroxyl groups is 1. The Bertz CT molecular complexity index is 1210. The zero-order valence-electron chi connectivity index (χ0n) is 20.1. The van der Waals surface area contributed by atoms with E-state index in [9.17, 15) is 24.3 Å². The fourth-order valence-corrected chi connectivity index (χ4v) is 6.12. The van der Waals surface area contributed by atoms with Gasteiger partial charge in [-0.05, 0) is 13.3 Å². The van der Waals surface area contributed by atoms with Gasteiger partial charge in [0.15, 0.2) is 5.78 Å². The van der Waals surface area contributed by atoms with E-state index >= 15 is 0 Å². The molecule has 0 bridgehead atoms. The normalized spacial score (nSPS) is 22.3. The molecule has 0 spiro atoms. The highest BCUT2D eigenvalue weighted by Gasteiger charge is 2.60. The standard InChI is InChI=1S/C24H29N3O7S/c1-5-6-7-8-16(30)33-11-34-24(32)21-17(12(2)20-18(13(3)28)22(31)27(20)21)15-9-26-10-25-19(14(4)29)23(26)35-15/h9-10,12-13,18,20,28H,5-8,11H2,1-4H3/t12-,13+,18+,20+/m0/s1. The highest BCUT2D eigenvalue weighted by Crippen LogP contribution is 2.51. The van der Waals surface area contributed by atoms with Crippen LogP contribution in [-0.4, -0.2) is 62.0 Å². The maximum atomic E-state index is 13.2. The van der Waals surface area contributed by atoms with Gasteiger partial charge in [0, 0.05) is 31.0 Å². The van der Waals surface area contributed by atoms with Crippen molar-refractivity contribution in [1.82, 2.24) is 14.3 Å². The van der Waals surface area contributed by atoms with Crippen LogP contribution >= 0.6 is 11.3 Å². The molecule has 1 saturated heterocycles. The average Bonchev–Trinajstić information content (AvgIpc) is 3.43. The van der Waals surface area contributed by atoms with Gasteiger partial charge in [-0.15, -0.1) is 11.3 Å². The molecular weight excluding hydrogens is 474 g/mol. The number of Topliss-reactive ketones (excluding diaryl/α,β-unsaturated/α-hetero) is 1. The number of carbonyl (C=O) groups is 4. The minimum atomic E-state index is -0.876. The van der Waals surface area contributed by atoms with Crippen molar-refractivity contribution in [2.45, 2.75) is 65.5 Å². The Hall–Kier alpha value is -3.05. The molecule has 11 heteroatoms. The first kappa shape index (κ1) is 25.1. The number of thiazole rings is 1. The second-order valence-corrected chi connectivity index (χ2v) is 10.0. The number of aromatic nitrogens is 2. The van der Waals surface area contributed by atoms with Gasteiger partial charge < -0.3 is 19.5 Å². The number of esters is 2. The average molecular weight is 504 g/mol. The lowest BCUT2D eigenvalue weighted by Crippen LogP contribution is -2.63. The number of hydrogen-bond donors (Lipinski definition) is 1. The number of ketones is 1. The minimum absolute atomic E-state index is 0.0771. The summed E-state index contributed by atoms with van der Waals surface area (Å²) in [6.45, 7) is 6.36. The second-order valence-electron chi connectivity index (χ2n) is 9.00. The molecule has 10 nitrogen and oxygen atoms in total. The Morgan fingerprint density at radius 2 is 2.00 bits per heavy atom. The Morgan fingerprint density at radius 3 is 2.66 bits per heavy atom. The SMILES string of the molecule is CCCCCC(=O)OCOC(=O)C1=C(c2cn3cnc(C(C)=O)c3s2)[C@H](C)[C@@H]2[C@@H]([C@@H](C)O)C(=O)N12. The van der Waals surface area contributed by atoms with E-state index in [4.69, 9.17) is 9.47 Å². The monoisotopic (exact) mass is 503 g/mol. The predicted octanol–water partition coefficient (Wildman–Crippen LogP) is 2.79. The molecule has 1 amide bonds. The van der Waals surface area contributed by atoms with E-state index in [0.29, 0.717) is 27.4 Å². The summed E-state index contributed by atoms with van der Waals surface area (Å²) in [6.07, 6.45) is 5.23. The van der Waals surface area contributed by atoms with E-state index in [0.717, 1.165) is 12.8 Å². The van der Waals surface area contributed by atoms with Crippen molar-refractivity contribution in [3.8, 4) is 0 Å². The summed E-state index contributed by atoms with van der Waals surface area (Å²) in [4.78, 5) is 56.7. The summed E-state index contributed by atoms with van der Waals surface area (Å²) in [5.74, 6) is -2.68. The number of unbranched alkanes of at least 4 members (excludes halogenated alkanes) is 2. The molecular formula is C24H29N3O7S. The van der Waals surface area contributed by atoms with E-state index in [1.54, 1.807) is 17.5 Å². The molecule has 0 radical (unpaired) electrons. The summed E-state index contributed by atoms with van der Waals surface area (Å²) in [5, 5.41) is 10.2. The van der Waals surface area contributed by atoms with Crippen LogP contribution in [0.25, 0.3) is 10.4 Å². The number of aliphatic hydroxyl groups excluding tert-OH is 1. The molecule has 4 heterocycles. The fourth-order valence-electron chi connectivity index (χ4n) is 4.86. The third-order valence-corrected chi connectivity index (χ3v) is 7.71. The van der Waals surface area contributed by atoms with Crippen molar-refractivity contribution in [2.24, 2.45) is 11.8 Å². The van der Waals surface area contributed by atoms with Crippen molar-refractivity contribution in [1.29, 1.82) is 0 Å². The Balaban J connectivity index is 1.62. The summed E-state index contributed by atoms with van der Waals surface area (Å²) in [7, 11) is 0. The first-order valence-electron chi connectivity index (χ1n) is 11.7. The van der Waals surface area contributed by atoms with Crippen LogP contribution < -0.4 is 0 Å². The lowest BCUT2D eigenvalue weighted by Gasteiger charge is -2.46. The predicted molar refractivity (Wildman–Crippen MR) is 126 cm³/mol. The third-order valence-electron chi connectivity index (χ3n) is 6.57. The smallest absolute Gasteiger partial charge is 0.358 e. The minimum Gasteiger partial charge on any atom is -0.428 e. The maximum absolute atomic E-state index is 13.2. The lowest BCUT2D eigenvalue weighted by molar-refractivity contribution is -0.172. The van der Waals surface area contributed by atoms with Crippen molar-refractivity contribution in [2.75, 3.05) is 6.79 Å². The van der Waals surface area contributed by atoms with Gasteiger partial charge in [-0.3, -0.25) is 18.8 Å². The molecule has 1 fully saturated rings. The van der Waals surface area contributed by atoms with Crippen molar-refractivity contribution >= 4 is 45.4 Å². The molecule has 2 aromatic rings. The number of carbonyl (C=O) groups excluding carboxylic acids is 4. The molecule has 0 unspecified atom stereocenters. The highest BCUT2D eigenvalue weighted by atomic mass is 32.1. The number of amides is 1. The van der Waals surface area contributed by atoms with Gasteiger partial charge in [0.05, 0.1) is 22.9 Å². The molecule has 0 aromatic carbocycles. The second kappa shape index (κ2) is 9.90. The van der Waals surface area contributed by atoms with Gasteiger partial charge in [0.1, 0.15) is 22.5 Å². The van der Waals surface area contributed by atoms with Crippen LogP contribution in [0.15, 0.2) is 18.2 Å². The Kier molecular flexibility index (Phi) is 7.09. The van der Waals surface area contributed by atoms with Gasteiger partial charge >= 0.3 is 11.9 Å². The quantitative estimate of drug-likeness (QED) is 0.172. The zero-order valence-corrected chi connectivity index (χ0v) is 21.0. The van der Waals surface area contributed by atoms with E-state index in [-0.39, 0.29) is 29.7 Å². The number of rotatable bonds is 10. The third kappa shape index (κ3) is 4.38. The van der Waals surface area contributed by atoms with Crippen LogP contribution in [-0.2, 0) is 23.9 Å². The number of fused-ring (bicyclic) bond motifs is 2. The first-order valence-corrected chi connectivity index (χ1v) is 12.5. The highest BCUT2D eigenvalue weighted by molar-refractivity contribution is 7.18. The number of nitrogens with zero attached hydrogens (tertiary/aromatic N) is 3. The molecule has 0 saturated carbocycles. The number of ether oxygens (including phenoxy) is 2. The van der Waals surface area contributed by atoms with Gasteiger partial charge in [0.25, 0.3) is 0 Å². The van der Waals surface area contributed by atoms with Crippen molar-refractivity contribution in [3.05, 3.63) is 28.8 Å². The molecule has 2 aliphatic heterocycles. The first-order chi connectivity index (χ1) is 16.7. The van der Waals surface area contributed by atoms with E-state index < -0.39 is 36.8 Å². The van der Waals surface area contributed by atoms with E-state index in [1.165, 1.54) is 29.5 Å². The zero-order chi connectivity index (χ0) is 25.4. The van der Waals surface area contributed by atoms with Gasteiger partial charge in [0.2, 0.25) is 12.7 Å². The van der Waals surface area contributed by atoms with E-state index in [2.05, 4.69) is 4.98 Å². The van der Waals surface area contributed by atoms with Crippen LogP contribution in [0.5, 0.6) is 0 Å². The molecule has 1 N–H and O–H groups in total. The maximum Gasteiger partial charge on any atom is 0.358 e. The van der Waals surface area contributed by atoms with Gasteiger partial charge in [-0.2, -0.15) is 0 Å². The lowest BCUT2D eigenvalue weighted by atomic mass is 9.77.